The molecular weight excluding hydrogens is 336 g/mol. The molecule has 1 unspecified atom stereocenters. The number of hydrogen-bond acceptors (Lipinski definition) is 3. The number of unbranched alkanes of at least 4 members (excludes halogenated alkanes) is 14. The van der Waals surface area contributed by atoms with Crippen molar-refractivity contribution in [3.8, 4) is 0 Å². The molecule has 0 bridgehead atoms. The molecule has 0 radical (unpaired) electrons. The van der Waals surface area contributed by atoms with E-state index >= 15 is 0 Å². The second kappa shape index (κ2) is 17.0. The van der Waals surface area contributed by atoms with E-state index in [2.05, 4.69) is 23.8 Å². The van der Waals surface area contributed by atoms with Gasteiger partial charge in [-0.15, -0.1) is 0 Å². The number of cyclic esters (lactones) is 2. The molecule has 1 aliphatic rings. The second-order valence-corrected chi connectivity index (χ2v) is 8.13. The van der Waals surface area contributed by atoms with Crippen molar-refractivity contribution >= 4 is 11.9 Å². The summed E-state index contributed by atoms with van der Waals surface area (Å²) in [6, 6.07) is 0. The fourth-order valence-corrected chi connectivity index (χ4v) is 3.73. The highest BCUT2D eigenvalue weighted by Gasteiger charge is 2.32. The first-order chi connectivity index (χ1) is 13.2. The number of allylic oxidation sites excluding steroid dienone is 2. The summed E-state index contributed by atoms with van der Waals surface area (Å²) < 4.78 is 4.58. The van der Waals surface area contributed by atoms with Gasteiger partial charge >= 0.3 is 11.9 Å². The molecule has 0 N–H and O–H groups in total. The standard InChI is InChI=1S/C24H42O3/c1-2-3-4-5-6-7-8-9-10-11-12-13-14-15-16-17-18-19-20-22-21-23(25)27-24(22)26/h7-8,22H,2-6,9-21H2,1H3/b8-7+. The summed E-state index contributed by atoms with van der Waals surface area (Å²) in [5.74, 6) is -0.806. The van der Waals surface area contributed by atoms with Crippen LogP contribution < -0.4 is 0 Å². The van der Waals surface area contributed by atoms with Crippen molar-refractivity contribution < 1.29 is 14.3 Å². The number of ether oxygens (including phenoxy) is 1. The summed E-state index contributed by atoms with van der Waals surface area (Å²) in [5.41, 5.74) is 0. The number of rotatable bonds is 18. The third-order valence-electron chi connectivity index (χ3n) is 5.53. The van der Waals surface area contributed by atoms with Crippen LogP contribution in [0.5, 0.6) is 0 Å². The molecule has 0 aliphatic carbocycles. The Kier molecular flexibility index (Phi) is 15.1. The quantitative estimate of drug-likeness (QED) is 0.109. The molecule has 0 aromatic carbocycles. The van der Waals surface area contributed by atoms with Gasteiger partial charge in [-0.2, -0.15) is 0 Å². The highest BCUT2D eigenvalue weighted by atomic mass is 16.6. The lowest BCUT2D eigenvalue weighted by molar-refractivity contribution is -0.153. The van der Waals surface area contributed by atoms with E-state index in [0.717, 1.165) is 12.8 Å². The minimum absolute atomic E-state index is 0.159. The van der Waals surface area contributed by atoms with Gasteiger partial charge in [0, 0.05) is 0 Å². The average Bonchev–Trinajstić information content (AvgIpc) is 2.98. The van der Waals surface area contributed by atoms with E-state index in [9.17, 15) is 9.59 Å². The van der Waals surface area contributed by atoms with Crippen LogP contribution in [0.25, 0.3) is 0 Å². The summed E-state index contributed by atoms with van der Waals surface area (Å²) in [5, 5.41) is 0. The smallest absolute Gasteiger partial charge is 0.317 e. The first-order valence-electron chi connectivity index (χ1n) is 11.6. The van der Waals surface area contributed by atoms with Gasteiger partial charge in [0.25, 0.3) is 0 Å². The molecule has 3 heteroatoms. The fraction of sp³-hybridized carbons (Fsp3) is 0.833. The normalized spacial score (nSPS) is 17.1. The maximum Gasteiger partial charge on any atom is 0.317 e. The van der Waals surface area contributed by atoms with Gasteiger partial charge in [0.05, 0.1) is 12.3 Å². The molecule has 0 amide bonds. The minimum atomic E-state index is -0.344. The highest BCUT2D eigenvalue weighted by molar-refractivity contribution is 5.94. The molecule has 1 atom stereocenters. The molecule has 3 nitrogen and oxygen atoms in total. The second-order valence-electron chi connectivity index (χ2n) is 8.13. The van der Waals surface area contributed by atoms with Gasteiger partial charge in [-0.3, -0.25) is 9.59 Å². The monoisotopic (exact) mass is 378 g/mol. The predicted molar refractivity (Wildman–Crippen MR) is 113 cm³/mol. The molecule has 0 aromatic rings. The number of carbonyl (C=O) groups is 2. The van der Waals surface area contributed by atoms with Crippen molar-refractivity contribution in [2.24, 2.45) is 5.92 Å². The Hall–Kier alpha value is -1.12. The van der Waals surface area contributed by atoms with Gasteiger partial charge in [-0.25, -0.2) is 0 Å². The maximum absolute atomic E-state index is 11.4. The Morgan fingerprint density at radius 3 is 1.70 bits per heavy atom. The van der Waals surface area contributed by atoms with Crippen molar-refractivity contribution in [2.45, 2.75) is 122 Å². The van der Waals surface area contributed by atoms with Crippen molar-refractivity contribution in [3.05, 3.63) is 12.2 Å². The van der Waals surface area contributed by atoms with Crippen LogP contribution in [0.15, 0.2) is 12.2 Å². The SMILES string of the molecule is CCCCCC/C=C/CCCCCCCCCCCCC1CC(=O)OC1=O. The fourth-order valence-electron chi connectivity index (χ4n) is 3.73. The molecule has 0 aromatic heterocycles. The van der Waals surface area contributed by atoms with Crippen LogP contribution >= 0.6 is 0 Å². The Labute approximate surface area is 167 Å². The topological polar surface area (TPSA) is 43.4 Å². The van der Waals surface area contributed by atoms with Crippen molar-refractivity contribution in [3.63, 3.8) is 0 Å². The van der Waals surface area contributed by atoms with Gasteiger partial charge in [0.2, 0.25) is 0 Å². The number of hydrogen-bond donors (Lipinski definition) is 0. The predicted octanol–water partition coefficient (Wildman–Crippen LogP) is 7.28. The van der Waals surface area contributed by atoms with E-state index in [-0.39, 0.29) is 17.9 Å². The summed E-state index contributed by atoms with van der Waals surface area (Å²) >= 11 is 0. The summed E-state index contributed by atoms with van der Waals surface area (Å²) in [6.07, 6.45) is 26.8. The third-order valence-corrected chi connectivity index (χ3v) is 5.53. The van der Waals surface area contributed by atoms with Crippen LogP contribution in [0.3, 0.4) is 0 Å². The first-order valence-corrected chi connectivity index (χ1v) is 11.6. The van der Waals surface area contributed by atoms with Crippen LogP contribution in [-0.2, 0) is 14.3 Å². The van der Waals surface area contributed by atoms with E-state index in [1.54, 1.807) is 0 Å². The van der Waals surface area contributed by atoms with E-state index < -0.39 is 0 Å². The first kappa shape index (κ1) is 23.9. The largest absolute Gasteiger partial charge is 0.393 e. The molecule has 27 heavy (non-hydrogen) atoms. The molecule has 1 rings (SSSR count). The average molecular weight is 379 g/mol. The molecular formula is C24H42O3. The molecule has 1 saturated heterocycles. The van der Waals surface area contributed by atoms with Crippen LogP contribution in [-0.4, -0.2) is 11.9 Å². The highest BCUT2D eigenvalue weighted by Crippen LogP contribution is 2.22. The van der Waals surface area contributed by atoms with E-state index in [4.69, 9.17) is 0 Å². The van der Waals surface area contributed by atoms with E-state index in [1.807, 2.05) is 0 Å². The Morgan fingerprint density at radius 2 is 1.22 bits per heavy atom. The van der Waals surface area contributed by atoms with Crippen molar-refractivity contribution in [1.29, 1.82) is 0 Å². The molecule has 1 fully saturated rings. The molecule has 0 saturated carbocycles. The van der Waals surface area contributed by atoms with Crippen LogP contribution in [0, 0.1) is 5.92 Å². The van der Waals surface area contributed by atoms with Crippen LogP contribution in [0.4, 0.5) is 0 Å². The van der Waals surface area contributed by atoms with Gasteiger partial charge in [-0.1, -0.05) is 96.1 Å². The van der Waals surface area contributed by atoms with E-state index in [0.29, 0.717) is 6.42 Å². The Bertz CT molecular complexity index is 414. The van der Waals surface area contributed by atoms with Gasteiger partial charge in [0.15, 0.2) is 0 Å². The zero-order chi connectivity index (χ0) is 19.6. The molecule has 156 valence electrons. The Morgan fingerprint density at radius 1 is 0.741 bits per heavy atom. The summed E-state index contributed by atoms with van der Waals surface area (Å²) in [7, 11) is 0. The van der Waals surface area contributed by atoms with E-state index in [1.165, 1.54) is 96.3 Å². The number of carbonyl (C=O) groups excluding carboxylic acids is 2. The molecule has 1 heterocycles. The zero-order valence-corrected chi connectivity index (χ0v) is 17.7. The number of esters is 2. The molecule has 1 aliphatic heterocycles. The van der Waals surface area contributed by atoms with Crippen molar-refractivity contribution in [2.75, 3.05) is 0 Å². The van der Waals surface area contributed by atoms with Gasteiger partial charge in [0.1, 0.15) is 0 Å². The molecule has 0 spiro atoms. The lowest BCUT2D eigenvalue weighted by Gasteiger charge is -2.04. The minimum Gasteiger partial charge on any atom is -0.393 e. The summed E-state index contributed by atoms with van der Waals surface area (Å²) in [4.78, 5) is 22.4. The van der Waals surface area contributed by atoms with Gasteiger partial charge < -0.3 is 4.74 Å². The van der Waals surface area contributed by atoms with Crippen molar-refractivity contribution in [1.82, 2.24) is 0 Å². The lowest BCUT2D eigenvalue weighted by atomic mass is 9.98. The zero-order valence-electron chi connectivity index (χ0n) is 17.7. The van der Waals surface area contributed by atoms with Gasteiger partial charge in [-0.05, 0) is 32.1 Å². The van der Waals surface area contributed by atoms with Crippen LogP contribution in [0.1, 0.15) is 122 Å². The third kappa shape index (κ3) is 13.7. The maximum atomic E-state index is 11.4. The lowest BCUT2D eigenvalue weighted by Crippen LogP contribution is -2.06. The van der Waals surface area contributed by atoms with Crippen LogP contribution in [0.2, 0.25) is 0 Å². The summed E-state index contributed by atoms with van der Waals surface area (Å²) in [6.45, 7) is 2.26. The Balaban J connectivity index is 1.74.